The van der Waals surface area contributed by atoms with E-state index in [-0.39, 0.29) is 5.41 Å². The van der Waals surface area contributed by atoms with Crippen molar-refractivity contribution in [2.24, 2.45) is 0 Å². The summed E-state index contributed by atoms with van der Waals surface area (Å²) in [5.41, 5.74) is 2.28. The molecule has 2 aliphatic rings. The number of aryl methyl sites for hydroxylation is 1. The molecule has 0 aromatic heterocycles. The van der Waals surface area contributed by atoms with Gasteiger partial charge in [0.1, 0.15) is 0 Å². The highest BCUT2D eigenvalue weighted by Crippen LogP contribution is 2.49. The second-order valence-electron chi connectivity index (χ2n) is 6.04. The summed E-state index contributed by atoms with van der Waals surface area (Å²) in [4.78, 5) is 17.1. The number of hydrogen-bond acceptors (Lipinski definition) is 2. The fraction of sp³-hybridized carbons (Fsp3) is 0.562. The van der Waals surface area contributed by atoms with Crippen LogP contribution in [0, 0.1) is 6.92 Å². The Hall–Kier alpha value is -1.35. The molecule has 3 heteroatoms. The summed E-state index contributed by atoms with van der Waals surface area (Å²) < 4.78 is 0. The van der Waals surface area contributed by atoms with Crippen LogP contribution in [0.4, 0.5) is 0 Å². The van der Waals surface area contributed by atoms with E-state index in [0.717, 1.165) is 39.0 Å². The van der Waals surface area contributed by atoms with E-state index in [4.69, 9.17) is 0 Å². The Morgan fingerprint density at radius 2 is 1.63 bits per heavy atom. The van der Waals surface area contributed by atoms with E-state index in [0.29, 0.717) is 5.91 Å². The average molecular weight is 258 g/mol. The van der Waals surface area contributed by atoms with Gasteiger partial charge in [-0.15, -0.1) is 0 Å². The molecule has 1 aliphatic carbocycles. The van der Waals surface area contributed by atoms with Gasteiger partial charge >= 0.3 is 0 Å². The fourth-order valence-corrected chi connectivity index (χ4v) is 2.94. The number of nitrogens with zero attached hydrogens (tertiary/aromatic N) is 2. The number of rotatable bonds is 2. The lowest BCUT2D eigenvalue weighted by Crippen LogP contribution is -2.50. The second-order valence-corrected chi connectivity index (χ2v) is 6.04. The minimum atomic E-state index is -0.191. The molecule has 0 unspecified atom stereocenters. The molecule has 0 radical (unpaired) electrons. The number of hydrogen-bond donors (Lipinski definition) is 0. The molecule has 102 valence electrons. The van der Waals surface area contributed by atoms with Crippen LogP contribution in [-0.2, 0) is 10.2 Å². The van der Waals surface area contributed by atoms with E-state index in [1.165, 1.54) is 11.1 Å². The maximum Gasteiger partial charge on any atom is 0.233 e. The van der Waals surface area contributed by atoms with E-state index in [1.54, 1.807) is 0 Å². The zero-order valence-electron chi connectivity index (χ0n) is 11.9. The molecule has 1 aromatic rings. The zero-order valence-corrected chi connectivity index (χ0v) is 11.9. The Morgan fingerprint density at radius 3 is 2.16 bits per heavy atom. The fourth-order valence-electron chi connectivity index (χ4n) is 2.94. The van der Waals surface area contributed by atoms with Gasteiger partial charge in [0, 0.05) is 26.2 Å². The molecule has 1 aromatic carbocycles. The van der Waals surface area contributed by atoms with E-state index in [2.05, 4.69) is 48.0 Å². The quantitative estimate of drug-likeness (QED) is 0.807. The summed E-state index contributed by atoms with van der Waals surface area (Å²) >= 11 is 0. The Morgan fingerprint density at radius 1 is 1.05 bits per heavy atom. The van der Waals surface area contributed by atoms with Crippen LogP contribution in [0.25, 0.3) is 0 Å². The van der Waals surface area contributed by atoms with Crippen molar-refractivity contribution in [2.45, 2.75) is 25.2 Å². The van der Waals surface area contributed by atoms with Gasteiger partial charge in [0.25, 0.3) is 0 Å². The molecule has 1 saturated carbocycles. The highest BCUT2D eigenvalue weighted by Gasteiger charge is 2.53. The predicted molar refractivity (Wildman–Crippen MR) is 76.2 cm³/mol. The number of likely N-dealkylation sites (N-methyl/N-ethyl adjacent to an activating group) is 1. The Labute approximate surface area is 115 Å². The molecular weight excluding hydrogens is 236 g/mol. The number of amides is 1. The van der Waals surface area contributed by atoms with Crippen LogP contribution in [0.2, 0.25) is 0 Å². The van der Waals surface area contributed by atoms with Crippen molar-refractivity contribution in [1.82, 2.24) is 9.80 Å². The van der Waals surface area contributed by atoms with E-state index in [9.17, 15) is 4.79 Å². The molecule has 0 N–H and O–H groups in total. The predicted octanol–water partition coefficient (Wildman–Crippen LogP) is 1.80. The topological polar surface area (TPSA) is 23.6 Å². The highest BCUT2D eigenvalue weighted by atomic mass is 16.2. The molecule has 0 bridgehead atoms. The first-order chi connectivity index (χ1) is 9.12. The van der Waals surface area contributed by atoms with Crippen LogP contribution in [0.15, 0.2) is 24.3 Å². The standard InChI is InChI=1S/C16H22N2O/c1-13-3-5-14(6-4-13)16(7-8-16)15(19)18-11-9-17(2)10-12-18/h3-6H,7-12H2,1-2H3. The van der Waals surface area contributed by atoms with Crippen LogP contribution >= 0.6 is 0 Å². The van der Waals surface area contributed by atoms with Gasteiger partial charge in [0.15, 0.2) is 0 Å². The van der Waals surface area contributed by atoms with Gasteiger partial charge in [-0.1, -0.05) is 29.8 Å². The van der Waals surface area contributed by atoms with Crippen molar-refractivity contribution in [3.8, 4) is 0 Å². The van der Waals surface area contributed by atoms with Crippen LogP contribution in [-0.4, -0.2) is 48.9 Å². The molecule has 1 heterocycles. The van der Waals surface area contributed by atoms with Gasteiger partial charge in [-0.3, -0.25) is 4.79 Å². The zero-order chi connectivity index (χ0) is 13.5. The smallest absolute Gasteiger partial charge is 0.233 e. The molecule has 1 saturated heterocycles. The van der Waals surface area contributed by atoms with Crippen molar-refractivity contribution in [3.63, 3.8) is 0 Å². The van der Waals surface area contributed by atoms with E-state index >= 15 is 0 Å². The van der Waals surface area contributed by atoms with Crippen LogP contribution in [0.5, 0.6) is 0 Å². The normalized spacial score (nSPS) is 22.3. The monoisotopic (exact) mass is 258 g/mol. The van der Waals surface area contributed by atoms with Crippen LogP contribution in [0.1, 0.15) is 24.0 Å². The second kappa shape index (κ2) is 4.64. The SMILES string of the molecule is Cc1ccc(C2(C(=O)N3CCN(C)CC3)CC2)cc1. The molecular formula is C16H22N2O. The summed E-state index contributed by atoms with van der Waals surface area (Å²) in [5, 5.41) is 0. The Balaban J connectivity index is 1.77. The van der Waals surface area contributed by atoms with E-state index < -0.39 is 0 Å². The largest absolute Gasteiger partial charge is 0.339 e. The van der Waals surface area contributed by atoms with Gasteiger partial charge in [-0.25, -0.2) is 0 Å². The third-order valence-electron chi connectivity index (χ3n) is 4.55. The molecule has 1 aliphatic heterocycles. The van der Waals surface area contributed by atoms with Gasteiger partial charge in [-0.2, -0.15) is 0 Å². The number of piperazine rings is 1. The number of carbonyl (C=O) groups is 1. The van der Waals surface area contributed by atoms with Crippen molar-refractivity contribution < 1.29 is 4.79 Å². The summed E-state index contributed by atoms with van der Waals surface area (Å²) in [6.45, 7) is 5.84. The summed E-state index contributed by atoms with van der Waals surface area (Å²) in [6, 6.07) is 8.51. The lowest BCUT2D eigenvalue weighted by atomic mass is 9.93. The number of benzene rings is 1. The number of carbonyl (C=O) groups excluding carboxylic acids is 1. The van der Waals surface area contributed by atoms with Gasteiger partial charge in [-0.05, 0) is 32.4 Å². The molecule has 1 amide bonds. The third-order valence-corrected chi connectivity index (χ3v) is 4.55. The molecule has 0 atom stereocenters. The lowest BCUT2D eigenvalue weighted by Gasteiger charge is -2.35. The van der Waals surface area contributed by atoms with E-state index in [1.807, 2.05) is 0 Å². The Kier molecular flexibility index (Phi) is 3.09. The van der Waals surface area contributed by atoms with Crippen molar-refractivity contribution in [1.29, 1.82) is 0 Å². The molecule has 19 heavy (non-hydrogen) atoms. The molecule has 3 rings (SSSR count). The maximum atomic E-state index is 12.8. The molecule has 3 nitrogen and oxygen atoms in total. The Bertz CT molecular complexity index is 468. The molecule has 0 spiro atoms. The first kappa shape index (κ1) is 12.7. The average Bonchev–Trinajstić information content (AvgIpc) is 3.21. The minimum Gasteiger partial charge on any atom is -0.339 e. The highest BCUT2D eigenvalue weighted by molar-refractivity contribution is 5.91. The van der Waals surface area contributed by atoms with Crippen molar-refractivity contribution in [3.05, 3.63) is 35.4 Å². The van der Waals surface area contributed by atoms with Crippen molar-refractivity contribution in [2.75, 3.05) is 33.2 Å². The lowest BCUT2D eigenvalue weighted by molar-refractivity contribution is -0.135. The van der Waals surface area contributed by atoms with Crippen LogP contribution < -0.4 is 0 Å². The minimum absolute atomic E-state index is 0.191. The maximum absolute atomic E-state index is 12.8. The molecule has 2 fully saturated rings. The van der Waals surface area contributed by atoms with Gasteiger partial charge in [0.2, 0.25) is 5.91 Å². The third kappa shape index (κ3) is 2.27. The summed E-state index contributed by atoms with van der Waals surface area (Å²) in [5.74, 6) is 0.351. The summed E-state index contributed by atoms with van der Waals surface area (Å²) in [6.07, 6.45) is 2.03. The van der Waals surface area contributed by atoms with Gasteiger partial charge < -0.3 is 9.80 Å². The summed E-state index contributed by atoms with van der Waals surface area (Å²) in [7, 11) is 2.12. The van der Waals surface area contributed by atoms with Gasteiger partial charge in [0.05, 0.1) is 5.41 Å². The van der Waals surface area contributed by atoms with Crippen LogP contribution in [0.3, 0.4) is 0 Å². The first-order valence-electron chi connectivity index (χ1n) is 7.17. The van der Waals surface area contributed by atoms with Crippen molar-refractivity contribution >= 4 is 5.91 Å². The first-order valence-corrected chi connectivity index (χ1v) is 7.17.